The molecule has 1 aromatic carbocycles. The van der Waals surface area contributed by atoms with Crippen molar-refractivity contribution in [2.24, 2.45) is 11.7 Å². The molecule has 0 aliphatic carbocycles. The number of ether oxygens (including phenoxy) is 4. The van der Waals surface area contributed by atoms with Crippen molar-refractivity contribution in [2.45, 2.75) is 20.4 Å². The van der Waals surface area contributed by atoms with Gasteiger partial charge in [-0.05, 0) is 12.0 Å². The Morgan fingerprint density at radius 3 is 2.63 bits per heavy atom. The monoisotopic (exact) mass is 267 g/mol. The van der Waals surface area contributed by atoms with E-state index in [4.69, 9.17) is 24.7 Å². The van der Waals surface area contributed by atoms with Crippen LogP contribution in [0, 0.1) is 5.92 Å². The van der Waals surface area contributed by atoms with E-state index in [0.29, 0.717) is 31.4 Å². The molecule has 5 heteroatoms. The van der Waals surface area contributed by atoms with Gasteiger partial charge >= 0.3 is 0 Å². The van der Waals surface area contributed by atoms with E-state index in [2.05, 4.69) is 13.8 Å². The lowest BCUT2D eigenvalue weighted by molar-refractivity contribution is 0.0816. The number of hydrogen-bond donors (Lipinski definition) is 1. The Balaban J connectivity index is 1.89. The molecule has 1 aliphatic rings. The summed E-state index contributed by atoms with van der Waals surface area (Å²) in [5.41, 5.74) is 6.62. The van der Waals surface area contributed by atoms with Crippen LogP contribution >= 0.6 is 0 Å². The topological polar surface area (TPSA) is 62.9 Å². The van der Waals surface area contributed by atoms with Crippen molar-refractivity contribution >= 4 is 0 Å². The van der Waals surface area contributed by atoms with Gasteiger partial charge < -0.3 is 24.7 Å². The normalized spacial score (nSPS) is 13.1. The van der Waals surface area contributed by atoms with Crippen molar-refractivity contribution in [1.82, 2.24) is 0 Å². The van der Waals surface area contributed by atoms with Crippen LogP contribution in [0.25, 0.3) is 0 Å². The van der Waals surface area contributed by atoms with Crippen LogP contribution in [-0.2, 0) is 11.3 Å². The second-order valence-corrected chi connectivity index (χ2v) is 4.83. The molecular weight excluding hydrogens is 246 g/mol. The van der Waals surface area contributed by atoms with Gasteiger partial charge in [0.05, 0.1) is 6.61 Å². The van der Waals surface area contributed by atoms with Gasteiger partial charge in [-0.25, -0.2) is 0 Å². The maximum atomic E-state index is 5.71. The summed E-state index contributed by atoms with van der Waals surface area (Å²) < 4.78 is 21.8. The van der Waals surface area contributed by atoms with Crippen LogP contribution in [0.15, 0.2) is 12.1 Å². The van der Waals surface area contributed by atoms with E-state index in [1.807, 2.05) is 12.1 Å². The Bertz CT molecular complexity index is 420. The second-order valence-electron chi connectivity index (χ2n) is 4.83. The number of fused-ring (bicyclic) bond motifs is 1. The summed E-state index contributed by atoms with van der Waals surface area (Å²) in [6.45, 7) is 6.69. The van der Waals surface area contributed by atoms with Gasteiger partial charge in [0.15, 0.2) is 11.5 Å². The van der Waals surface area contributed by atoms with Crippen molar-refractivity contribution < 1.29 is 18.9 Å². The summed E-state index contributed by atoms with van der Waals surface area (Å²) in [5.74, 6) is 2.70. The van der Waals surface area contributed by atoms with Crippen LogP contribution in [0.1, 0.15) is 19.4 Å². The maximum absolute atomic E-state index is 5.71. The predicted octanol–water partition coefficient (Wildman–Crippen LogP) is 1.93. The average Bonchev–Trinajstić information content (AvgIpc) is 2.83. The first-order valence-electron chi connectivity index (χ1n) is 6.54. The highest BCUT2D eigenvalue weighted by Crippen LogP contribution is 2.37. The zero-order valence-electron chi connectivity index (χ0n) is 11.5. The molecule has 1 aromatic rings. The third kappa shape index (κ3) is 3.75. The van der Waals surface area contributed by atoms with Crippen LogP contribution in [0.3, 0.4) is 0 Å². The minimum atomic E-state index is 0.250. The van der Waals surface area contributed by atoms with Gasteiger partial charge in [-0.1, -0.05) is 13.8 Å². The summed E-state index contributed by atoms with van der Waals surface area (Å²) in [4.78, 5) is 0. The molecule has 0 unspecified atom stereocenters. The van der Waals surface area contributed by atoms with Crippen LogP contribution in [0.2, 0.25) is 0 Å². The van der Waals surface area contributed by atoms with Gasteiger partial charge in [0.1, 0.15) is 12.4 Å². The first-order chi connectivity index (χ1) is 9.20. The van der Waals surface area contributed by atoms with Crippen molar-refractivity contribution in [1.29, 1.82) is 0 Å². The summed E-state index contributed by atoms with van der Waals surface area (Å²) in [7, 11) is 0. The van der Waals surface area contributed by atoms with E-state index in [9.17, 15) is 0 Å². The molecule has 0 amide bonds. The molecule has 2 rings (SSSR count). The van der Waals surface area contributed by atoms with Crippen LogP contribution in [0.4, 0.5) is 0 Å². The van der Waals surface area contributed by atoms with Crippen LogP contribution < -0.4 is 19.9 Å². The molecule has 0 saturated heterocycles. The maximum Gasteiger partial charge on any atom is 0.231 e. The largest absolute Gasteiger partial charge is 0.491 e. The molecule has 0 saturated carbocycles. The van der Waals surface area contributed by atoms with Gasteiger partial charge in [-0.15, -0.1) is 0 Å². The first kappa shape index (κ1) is 14.0. The van der Waals surface area contributed by atoms with E-state index in [0.717, 1.165) is 23.7 Å². The predicted molar refractivity (Wildman–Crippen MR) is 71.6 cm³/mol. The van der Waals surface area contributed by atoms with Gasteiger partial charge in [0, 0.05) is 24.8 Å². The van der Waals surface area contributed by atoms with Crippen molar-refractivity contribution in [3.05, 3.63) is 17.7 Å². The summed E-state index contributed by atoms with van der Waals surface area (Å²) in [5, 5.41) is 0. The molecule has 19 heavy (non-hydrogen) atoms. The lowest BCUT2D eigenvalue weighted by atomic mass is 10.2. The molecule has 0 radical (unpaired) electrons. The Hall–Kier alpha value is -1.46. The Morgan fingerprint density at radius 2 is 1.95 bits per heavy atom. The molecule has 2 N–H and O–H groups in total. The third-order valence-corrected chi connectivity index (χ3v) is 2.71. The van der Waals surface area contributed by atoms with E-state index >= 15 is 0 Å². The van der Waals surface area contributed by atoms with Crippen molar-refractivity contribution in [3.63, 3.8) is 0 Å². The molecule has 0 spiro atoms. The summed E-state index contributed by atoms with van der Waals surface area (Å²) >= 11 is 0. The molecule has 1 aliphatic heterocycles. The van der Waals surface area contributed by atoms with Crippen LogP contribution in [-0.4, -0.2) is 26.6 Å². The van der Waals surface area contributed by atoms with Crippen molar-refractivity contribution in [2.75, 3.05) is 26.6 Å². The Morgan fingerprint density at radius 1 is 1.21 bits per heavy atom. The fourth-order valence-electron chi connectivity index (χ4n) is 1.79. The smallest absolute Gasteiger partial charge is 0.231 e. The first-order valence-corrected chi connectivity index (χ1v) is 6.54. The fraction of sp³-hybridized carbons (Fsp3) is 0.571. The zero-order chi connectivity index (χ0) is 13.7. The van der Waals surface area contributed by atoms with Gasteiger partial charge in [-0.3, -0.25) is 0 Å². The molecule has 5 nitrogen and oxygen atoms in total. The summed E-state index contributed by atoms with van der Waals surface area (Å²) in [6, 6.07) is 3.69. The quantitative estimate of drug-likeness (QED) is 0.765. The summed E-state index contributed by atoms with van der Waals surface area (Å²) in [6.07, 6.45) is 0. The molecular formula is C14H21NO4. The molecule has 1 heterocycles. The number of rotatable bonds is 7. The average molecular weight is 267 g/mol. The number of nitrogens with two attached hydrogens (primary N) is 1. The van der Waals surface area contributed by atoms with E-state index in [-0.39, 0.29) is 6.79 Å². The molecule has 0 atom stereocenters. The molecule has 0 fully saturated rings. The molecule has 0 aromatic heterocycles. The molecule has 106 valence electrons. The highest BCUT2D eigenvalue weighted by molar-refractivity contribution is 5.51. The van der Waals surface area contributed by atoms with E-state index in [1.54, 1.807) is 0 Å². The number of benzene rings is 1. The highest BCUT2D eigenvalue weighted by Gasteiger charge is 2.17. The second kappa shape index (κ2) is 6.63. The minimum Gasteiger partial charge on any atom is -0.491 e. The lowest BCUT2D eigenvalue weighted by Crippen LogP contribution is -2.11. The van der Waals surface area contributed by atoms with Crippen molar-refractivity contribution in [3.8, 4) is 17.2 Å². The van der Waals surface area contributed by atoms with E-state index < -0.39 is 0 Å². The van der Waals surface area contributed by atoms with E-state index in [1.165, 1.54) is 0 Å². The zero-order valence-corrected chi connectivity index (χ0v) is 11.5. The lowest BCUT2D eigenvalue weighted by Gasteiger charge is -2.12. The Kier molecular flexibility index (Phi) is 4.87. The number of hydrogen-bond acceptors (Lipinski definition) is 5. The van der Waals surface area contributed by atoms with Crippen LogP contribution in [0.5, 0.6) is 17.2 Å². The van der Waals surface area contributed by atoms with Gasteiger partial charge in [0.2, 0.25) is 6.79 Å². The molecule has 0 bridgehead atoms. The third-order valence-electron chi connectivity index (χ3n) is 2.71. The SMILES string of the molecule is CC(C)COCCOc1cc2c(cc1CN)OCO2. The standard InChI is InChI=1S/C14H21NO4/c1-10(2)8-16-3-4-17-12-6-14-13(18-9-19-14)5-11(12)7-15/h5-6,10H,3-4,7-9,15H2,1-2H3. The van der Waals surface area contributed by atoms with Gasteiger partial charge in [-0.2, -0.15) is 0 Å². The fourth-order valence-corrected chi connectivity index (χ4v) is 1.79. The van der Waals surface area contributed by atoms with Gasteiger partial charge in [0.25, 0.3) is 0 Å². The highest BCUT2D eigenvalue weighted by atomic mass is 16.7. The Labute approximate surface area is 113 Å². The minimum absolute atomic E-state index is 0.250.